The Hall–Kier alpha value is -1.07. The van der Waals surface area contributed by atoms with Gasteiger partial charge in [-0.1, -0.05) is 18.5 Å². The van der Waals surface area contributed by atoms with Crippen molar-refractivity contribution in [2.45, 2.75) is 13.3 Å². The molecule has 0 saturated heterocycles. The molecule has 2 N–H and O–H groups in total. The van der Waals surface area contributed by atoms with E-state index in [1.165, 1.54) is 4.68 Å². The van der Waals surface area contributed by atoms with Gasteiger partial charge in [0.2, 0.25) is 0 Å². The highest BCUT2D eigenvalue weighted by Crippen LogP contribution is 2.19. The van der Waals surface area contributed by atoms with E-state index in [4.69, 9.17) is 16.7 Å². The van der Waals surface area contributed by atoms with Crippen LogP contribution in [0.25, 0.3) is 0 Å². The molecule has 0 aromatic carbocycles. The van der Waals surface area contributed by atoms with Crippen molar-refractivity contribution in [3.63, 3.8) is 0 Å². The second-order valence-corrected chi connectivity index (χ2v) is 3.43. The van der Waals surface area contributed by atoms with E-state index in [1.807, 2.05) is 6.92 Å². The van der Waals surface area contributed by atoms with E-state index in [-0.39, 0.29) is 19.1 Å². The molecular formula is C9H14ClN3O2. The molecule has 5 nitrogen and oxygen atoms in total. The average Bonchev–Trinajstić information content (AvgIpc) is 2.51. The predicted molar refractivity (Wildman–Crippen MR) is 57.0 cm³/mol. The molecule has 1 aromatic rings. The fourth-order valence-corrected chi connectivity index (χ4v) is 1.52. The van der Waals surface area contributed by atoms with E-state index in [2.05, 4.69) is 10.4 Å². The van der Waals surface area contributed by atoms with Gasteiger partial charge in [0, 0.05) is 13.6 Å². The first-order valence-corrected chi connectivity index (χ1v) is 5.10. The van der Waals surface area contributed by atoms with Crippen molar-refractivity contribution in [1.29, 1.82) is 0 Å². The lowest BCUT2D eigenvalue weighted by Crippen LogP contribution is -2.27. The minimum atomic E-state index is -0.293. The van der Waals surface area contributed by atoms with Crippen molar-refractivity contribution in [3.8, 4) is 0 Å². The van der Waals surface area contributed by atoms with Gasteiger partial charge in [0.05, 0.1) is 17.9 Å². The zero-order valence-corrected chi connectivity index (χ0v) is 9.51. The van der Waals surface area contributed by atoms with Crippen LogP contribution in [0.1, 0.15) is 23.0 Å². The van der Waals surface area contributed by atoms with E-state index in [9.17, 15) is 4.79 Å². The Bertz CT molecular complexity index is 362. The van der Waals surface area contributed by atoms with E-state index >= 15 is 0 Å². The maximum absolute atomic E-state index is 11.7. The van der Waals surface area contributed by atoms with Crippen molar-refractivity contribution in [2.24, 2.45) is 7.05 Å². The minimum Gasteiger partial charge on any atom is -0.395 e. The van der Waals surface area contributed by atoms with E-state index in [1.54, 1.807) is 7.05 Å². The number of hydrogen-bond donors (Lipinski definition) is 2. The standard InChI is InChI=1S/C9H14ClN3O2/c1-3-6-7(8(10)13(2)12-6)9(15)11-4-5-14/h14H,3-5H2,1-2H3,(H,11,15). The lowest BCUT2D eigenvalue weighted by atomic mass is 10.2. The van der Waals surface area contributed by atoms with Gasteiger partial charge in [0.15, 0.2) is 0 Å². The Morgan fingerprint density at radius 1 is 1.67 bits per heavy atom. The van der Waals surface area contributed by atoms with Crippen LogP contribution in [-0.4, -0.2) is 33.9 Å². The predicted octanol–water partition coefficient (Wildman–Crippen LogP) is 0.358. The smallest absolute Gasteiger partial charge is 0.256 e. The van der Waals surface area contributed by atoms with Crippen molar-refractivity contribution in [1.82, 2.24) is 15.1 Å². The van der Waals surface area contributed by atoms with Crippen molar-refractivity contribution in [2.75, 3.05) is 13.2 Å². The monoisotopic (exact) mass is 231 g/mol. The van der Waals surface area contributed by atoms with Gasteiger partial charge in [0.1, 0.15) is 5.15 Å². The molecule has 0 aliphatic carbocycles. The molecule has 0 bridgehead atoms. The first-order chi connectivity index (χ1) is 7.11. The van der Waals surface area contributed by atoms with Gasteiger partial charge in [-0.25, -0.2) is 0 Å². The number of carbonyl (C=O) groups is 1. The molecule has 1 heterocycles. The highest BCUT2D eigenvalue weighted by molar-refractivity contribution is 6.33. The molecule has 1 amide bonds. The number of halogens is 1. The molecule has 1 rings (SSSR count). The highest BCUT2D eigenvalue weighted by atomic mass is 35.5. The fourth-order valence-electron chi connectivity index (χ4n) is 1.29. The van der Waals surface area contributed by atoms with Crippen LogP contribution in [0.4, 0.5) is 0 Å². The molecule has 84 valence electrons. The second kappa shape index (κ2) is 5.14. The Balaban J connectivity index is 2.96. The number of hydrogen-bond acceptors (Lipinski definition) is 3. The maximum Gasteiger partial charge on any atom is 0.256 e. The van der Waals surface area contributed by atoms with Gasteiger partial charge < -0.3 is 10.4 Å². The van der Waals surface area contributed by atoms with Crippen LogP contribution in [0.5, 0.6) is 0 Å². The summed E-state index contributed by atoms with van der Waals surface area (Å²) in [5.41, 5.74) is 1.06. The minimum absolute atomic E-state index is 0.0922. The Kier molecular flexibility index (Phi) is 4.11. The van der Waals surface area contributed by atoms with Gasteiger partial charge in [-0.2, -0.15) is 5.10 Å². The molecule has 0 aliphatic rings. The quantitative estimate of drug-likeness (QED) is 0.786. The zero-order valence-electron chi connectivity index (χ0n) is 8.75. The number of aromatic nitrogens is 2. The summed E-state index contributed by atoms with van der Waals surface area (Å²) in [6.45, 7) is 2.03. The van der Waals surface area contributed by atoms with Crippen LogP contribution in [0.15, 0.2) is 0 Å². The maximum atomic E-state index is 11.7. The summed E-state index contributed by atoms with van der Waals surface area (Å²) in [5.74, 6) is -0.293. The van der Waals surface area contributed by atoms with Crippen LogP contribution in [0, 0.1) is 0 Å². The fraction of sp³-hybridized carbons (Fsp3) is 0.556. The topological polar surface area (TPSA) is 67.2 Å². The summed E-state index contributed by atoms with van der Waals surface area (Å²) in [6.07, 6.45) is 0.641. The van der Waals surface area contributed by atoms with Crippen molar-refractivity contribution in [3.05, 3.63) is 16.4 Å². The Morgan fingerprint density at radius 2 is 2.33 bits per heavy atom. The second-order valence-electron chi connectivity index (χ2n) is 3.07. The number of nitrogens with one attached hydrogen (secondary N) is 1. The molecule has 6 heteroatoms. The summed E-state index contributed by atoms with van der Waals surface area (Å²) in [4.78, 5) is 11.7. The van der Waals surface area contributed by atoms with Crippen LogP contribution in [0.3, 0.4) is 0 Å². The molecule has 0 saturated carbocycles. The zero-order chi connectivity index (χ0) is 11.4. The normalized spacial score (nSPS) is 10.4. The van der Waals surface area contributed by atoms with E-state index in [0.29, 0.717) is 22.8 Å². The lowest BCUT2D eigenvalue weighted by molar-refractivity contribution is 0.0944. The Morgan fingerprint density at radius 3 is 2.87 bits per heavy atom. The number of carbonyl (C=O) groups excluding carboxylic acids is 1. The largest absolute Gasteiger partial charge is 0.395 e. The van der Waals surface area contributed by atoms with Crippen LogP contribution < -0.4 is 5.32 Å². The van der Waals surface area contributed by atoms with Gasteiger partial charge in [-0.3, -0.25) is 9.48 Å². The number of rotatable bonds is 4. The number of aryl methyl sites for hydroxylation is 2. The van der Waals surface area contributed by atoms with Gasteiger partial charge in [-0.05, 0) is 6.42 Å². The van der Waals surface area contributed by atoms with E-state index < -0.39 is 0 Å². The molecule has 0 spiro atoms. The summed E-state index contributed by atoms with van der Waals surface area (Å²) in [5, 5.41) is 15.6. The first-order valence-electron chi connectivity index (χ1n) is 4.72. The summed E-state index contributed by atoms with van der Waals surface area (Å²) in [7, 11) is 1.68. The number of amides is 1. The molecule has 1 aromatic heterocycles. The molecule has 0 aliphatic heterocycles. The third-order valence-electron chi connectivity index (χ3n) is 2.01. The molecule has 15 heavy (non-hydrogen) atoms. The number of aliphatic hydroxyl groups is 1. The van der Waals surface area contributed by atoms with Gasteiger partial charge in [0.25, 0.3) is 5.91 Å². The molecular weight excluding hydrogens is 218 g/mol. The summed E-state index contributed by atoms with van der Waals surface area (Å²) >= 11 is 5.94. The van der Waals surface area contributed by atoms with Crippen LogP contribution in [0.2, 0.25) is 5.15 Å². The first kappa shape index (κ1) is 12.0. The van der Waals surface area contributed by atoms with Crippen molar-refractivity contribution < 1.29 is 9.90 Å². The molecule has 0 radical (unpaired) electrons. The van der Waals surface area contributed by atoms with Crippen LogP contribution >= 0.6 is 11.6 Å². The third kappa shape index (κ3) is 2.49. The highest BCUT2D eigenvalue weighted by Gasteiger charge is 2.19. The van der Waals surface area contributed by atoms with E-state index in [0.717, 1.165) is 0 Å². The summed E-state index contributed by atoms with van der Waals surface area (Å²) in [6, 6.07) is 0. The van der Waals surface area contributed by atoms with Gasteiger partial charge >= 0.3 is 0 Å². The SMILES string of the molecule is CCc1nn(C)c(Cl)c1C(=O)NCCO. The van der Waals surface area contributed by atoms with Crippen molar-refractivity contribution >= 4 is 17.5 Å². The molecule has 0 fully saturated rings. The Labute approximate surface area is 93.0 Å². The number of nitrogens with zero attached hydrogens (tertiary/aromatic N) is 2. The summed E-state index contributed by atoms with van der Waals surface area (Å²) < 4.78 is 1.47. The van der Waals surface area contributed by atoms with Gasteiger partial charge in [-0.15, -0.1) is 0 Å². The lowest BCUT2D eigenvalue weighted by Gasteiger charge is -2.02. The third-order valence-corrected chi connectivity index (χ3v) is 2.44. The molecule has 0 unspecified atom stereocenters. The molecule has 0 atom stereocenters. The van der Waals surface area contributed by atoms with Crippen LogP contribution in [-0.2, 0) is 13.5 Å². The number of aliphatic hydroxyl groups excluding tert-OH is 1. The average molecular weight is 232 g/mol.